The van der Waals surface area contributed by atoms with E-state index in [1.54, 1.807) is 18.2 Å². The number of benzene rings is 4. The molecule has 1 heterocycles. The minimum absolute atomic E-state index is 0.00298. The maximum absolute atomic E-state index is 14.3. The van der Waals surface area contributed by atoms with Gasteiger partial charge in [-0.05, 0) is 29.3 Å². The predicted molar refractivity (Wildman–Crippen MR) is 145 cm³/mol. The first-order chi connectivity index (χ1) is 19.3. The van der Waals surface area contributed by atoms with Crippen LogP contribution in [-0.4, -0.2) is 32.1 Å². The van der Waals surface area contributed by atoms with Gasteiger partial charge in [-0.2, -0.15) is 0 Å². The molecule has 4 aromatic rings. The molecule has 1 saturated heterocycles. The number of hydrogen-bond acceptors (Lipinski definition) is 3. The summed E-state index contributed by atoms with van der Waals surface area (Å²) >= 11 is 6.56. The zero-order chi connectivity index (χ0) is 28.4. The molecule has 1 aliphatic heterocycles. The number of nitrogens with zero attached hydrogens (tertiary/aromatic N) is 2. The maximum atomic E-state index is 14.3. The lowest BCUT2D eigenvalue weighted by molar-refractivity contribution is -0.116. The van der Waals surface area contributed by atoms with E-state index in [1.807, 2.05) is 65.6 Å². The Hall–Kier alpha value is -4.11. The summed E-state index contributed by atoms with van der Waals surface area (Å²) in [6, 6.07) is 23.8. The lowest BCUT2D eigenvalue weighted by Gasteiger charge is -2.38. The van der Waals surface area contributed by atoms with E-state index in [0.717, 1.165) is 16.0 Å². The number of piperazine rings is 1. The molecule has 206 valence electrons. The van der Waals surface area contributed by atoms with Gasteiger partial charge < -0.3 is 15.1 Å². The van der Waals surface area contributed by atoms with Gasteiger partial charge in [0.2, 0.25) is 11.7 Å². The average Bonchev–Trinajstić information content (AvgIpc) is 2.97. The highest BCUT2D eigenvalue weighted by Gasteiger charge is 2.31. The third-order valence-corrected chi connectivity index (χ3v) is 7.17. The van der Waals surface area contributed by atoms with Crippen LogP contribution in [-0.2, 0) is 4.79 Å². The quantitative estimate of drug-likeness (QED) is 0.152. The summed E-state index contributed by atoms with van der Waals surface area (Å²) in [7, 11) is 0. The van der Waals surface area contributed by atoms with Gasteiger partial charge in [-0.3, -0.25) is 4.79 Å². The Morgan fingerprint density at radius 2 is 1.15 bits per heavy atom. The lowest BCUT2D eigenvalue weighted by atomic mass is 9.90. The summed E-state index contributed by atoms with van der Waals surface area (Å²) in [6.45, 7) is 0.440. The Labute approximate surface area is 232 Å². The van der Waals surface area contributed by atoms with Crippen molar-refractivity contribution >= 4 is 34.6 Å². The van der Waals surface area contributed by atoms with Gasteiger partial charge in [-0.1, -0.05) is 72.3 Å². The van der Waals surface area contributed by atoms with Gasteiger partial charge in [0, 0.05) is 31.9 Å². The van der Waals surface area contributed by atoms with E-state index >= 15 is 0 Å². The number of hydrogen-bond donors (Lipinski definition) is 1. The molecule has 0 atom stereocenters. The SMILES string of the molecule is O=C(Nc1ccc(N2CCN(c3c(F)c(F)c(F)c(F)c3F)CC2)c(Cl)c1)C(c1ccccc1)c1ccccc1. The van der Waals surface area contributed by atoms with Gasteiger partial charge in [-0.25, -0.2) is 22.0 Å². The number of rotatable bonds is 6. The normalized spacial score (nSPS) is 13.6. The number of amides is 1. The van der Waals surface area contributed by atoms with E-state index in [0.29, 0.717) is 16.4 Å². The lowest BCUT2D eigenvalue weighted by Crippen LogP contribution is -2.47. The van der Waals surface area contributed by atoms with Crippen LogP contribution in [0.5, 0.6) is 0 Å². The number of anilines is 3. The van der Waals surface area contributed by atoms with Crippen molar-refractivity contribution in [3.05, 3.63) is 124 Å². The predicted octanol–water partition coefficient (Wildman–Crippen LogP) is 7.13. The molecule has 40 heavy (non-hydrogen) atoms. The zero-order valence-electron chi connectivity index (χ0n) is 21.0. The molecule has 0 spiro atoms. The summed E-state index contributed by atoms with van der Waals surface area (Å²) in [4.78, 5) is 16.4. The Kier molecular flexibility index (Phi) is 7.93. The average molecular weight is 572 g/mol. The van der Waals surface area contributed by atoms with Crippen LogP contribution in [0.15, 0.2) is 78.9 Å². The van der Waals surface area contributed by atoms with E-state index in [9.17, 15) is 26.7 Å². The van der Waals surface area contributed by atoms with Crippen molar-refractivity contribution in [2.75, 3.05) is 41.3 Å². The monoisotopic (exact) mass is 571 g/mol. The second kappa shape index (κ2) is 11.6. The molecular formula is C30H23ClF5N3O. The number of nitrogens with one attached hydrogen (secondary N) is 1. The highest BCUT2D eigenvalue weighted by Crippen LogP contribution is 2.34. The molecule has 0 radical (unpaired) electrons. The van der Waals surface area contributed by atoms with Crippen LogP contribution < -0.4 is 15.1 Å². The molecule has 0 saturated carbocycles. The van der Waals surface area contributed by atoms with Crippen molar-refractivity contribution in [2.45, 2.75) is 5.92 Å². The third-order valence-electron chi connectivity index (χ3n) is 6.87. The molecule has 0 bridgehead atoms. The Balaban J connectivity index is 1.30. The van der Waals surface area contributed by atoms with Crippen molar-refractivity contribution < 1.29 is 26.7 Å². The highest BCUT2D eigenvalue weighted by molar-refractivity contribution is 6.33. The summed E-state index contributed by atoms with van der Waals surface area (Å²) in [5, 5.41) is 3.26. The van der Waals surface area contributed by atoms with E-state index in [-0.39, 0.29) is 32.1 Å². The van der Waals surface area contributed by atoms with Crippen LogP contribution in [0.3, 0.4) is 0 Å². The molecule has 1 aliphatic rings. The van der Waals surface area contributed by atoms with Crippen molar-refractivity contribution in [1.29, 1.82) is 0 Å². The molecule has 4 aromatic carbocycles. The van der Waals surface area contributed by atoms with Crippen molar-refractivity contribution in [1.82, 2.24) is 0 Å². The number of halogens is 6. The van der Waals surface area contributed by atoms with Gasteiger partial charge in [0.15, 0.2) is 23.3 Å². The van der Waals surface area contributed by atoms with Crippen LogP contribution in [0, 0.1) is 29.1 Å². The highest BCUT2D eigenvalue weighted by atomic mass is 35.5. The standard InChI is InChI=1S/C30H23ClF5N3O/c31-21-17-20(37-30(40)23(18-7-3-1-4-8-18)19-9-5-2-6-10-19)11-12-22(21)38-13-15-39(16-14-38)29-27(35)25(33)24(32)26(34)28(29)36/h1-12,17,23H,13-16H2,(H,37,40). The van der Waals surface area contributed by atoms with Crippen molar-refractivity contribution in [2.24, 2.45) is 0 Å². The topological polar surface area (TPSA) is 35.6 Å². The fourth-order valence-electron chi connectivity index (χ4n) is 4.88. The Morgan fingerprint density at radius 1 is 0.675 bits per heavy atom. The third kappa shape index (κ3) is 5.34. The summed E-state index contributed by atoms with van der Waals surface area (Å²) in [5.41, 5.74) is 1.82. The largest absolute Gasteiger partial charge is 0.367 e. The van der Waals surface area contributed by atoms with Gasteiger partial charge in [0.05, 0.1) is 16.6 Å². The Morgan fingerprint density at radius 3 is 1.65 bits per heavy atom. The zero-order valence-corrected chi connectivity index (χ0v) is 21.7. The second-order valence-electron chi connectivity index (χ2n) is 9.30. The van der Waals surface area contributed by atoms with Crippen LogP contribution in [0.4, 0.5) is 39.0 Å². The fourth-order valence-corrected chi connectivity index (χ4v) is 5.18. The Bertz CT molecular complexity index is 1460. The smallest absolute Gasteiger partial charge is 0.236 e. The van der Waals surface area contributed by atoms with Gasteiger partial charge in [-0.15, -0.1) is 0 Å². The van der Waals surface area contributed by atoms with Gasteiger partial charge in [0.25, 0.3) is 0 Å². The number of carbonyl (C=O) groups is 1. The van der Waals surface area contributed by atoms with E-state index in [4.69, 9.17) is 11.6 Å². The maximum Gasteiger partial charge on any atom is 0.236 e. The van der Waals surface area contributed by atoms with Crippen LogP contribution >= 0.6 is 11.6 Å². The molecular weight excluding hydrogens is 549 g/mol. The first kappa shape index (κ1) is 27.5. The van der Waals surface area contributed by atoms with Gasteiger partial charge in [0.1, 0.15) is 5.69 Å². The van der Waals surface area contributed by atoms with Crippen LogP contribution in [0.1, 0.15) is 17.0 Å². The molecule has 1 amide bonds. The molecule has 10 heteroatoms. The minimum atomic E-state index is -2.18. The van der Waals surface area contributed by atoms with Crippen molar-refractivity contribution in [3.8, 4) is 0 Å². The molecule has 0 aliphatic carbocycles. The second-order valence-corrected chi connectivity index (χ2v) is 9.71. The summed E-state index contributed by atoms with van der Waals surface area (Å²) in [5.74, 6) is -10.6. The molecule has 0 aromatic heterocycles. The summed E-state index contributed by atoms with van der Waals surface area (Å²) < 4.78 is 69.3. The van der Waals surface area contributed by atoms with Crippen LogP contribution in [0.2, 0.25) is 5.02 Å². The number of carbonyl (C=O) groups excluding carboxylic acids is 1. The molecule has 1 fully saturated rings. The van der Waals surface area contributed by atoms with E-state index in [1.165, 1.54) is 0 Å². The first-order valence-electron chi connectivity index (χ1n) is 12.5. The summed E-state index contributed by atoms with van der Waals surface area (Å²) in [6.07, 6.45) is 0. The van der Waals surface area contributed by atoms with E-state index in [2.05, 4.69) is 5.32 Å². The molecule has 1 N–H and O–H groups in total. The van der Waals surface area contributed by atoms with Crippen molar-refractivity contribution in [3.63, 3.8) is 0 Å². The first-order valence-corrected chi connectivity index (χ1v) is 12.9. The van der Waals surface area contributed by atoms with Gasteiger partial charge >= 0.3 is 0 Å². The van der Waals surface area contributed by atoms with Crippen LogP contribution in [0.25, 0.3) is 0 Å². The minimum Gasteiger partial charge on any atom is -0.367 e. The van der Waals surface area contributed by atoms with E-state index < -0.39 is 40.7 Å². The molecule has 4 nitrogen and oxygen atoms in total. The molecule has 0 unspecified atom stereocenters. The molecule has 5 rings (SSSR count). The fraction of sp³-hybridized carbons (Fsp3) is 0.167.